The first-order valence-electron chi connectivity index (χ1n) is 9.93. The van der Waals surface area contributed by atoms with Crippen molar-refractivity contribution < 1.29 is 4.79 Å². The summed E-state index contributed by atoms with van der Waals surface area (Å²) in [5.41, 5.74) is 11.1. The lowest BCUT2D eigenvalue weighted by Crippen LogP contribution is -2.10. The zero-order valence-electron chi connectivity index (χ0n) is 16.9. The molecule has 0 saturated heterocycles. The minimum atomic E-state index is -0.436. The highest BCUT2D eigenvalue weighted by molar-refractivity contribution is 7.19. The smallest absolute Gasteiger partial charge is 0.248 e. The number of aromatic nitrogens is 4. The third-order valence-electron chi connectivity index (χ3n) is 4.95. The number of fused-ring (bicyclic) bond motifs is 1. The van der Waals surface area contributed by atoms with Gasteiger partial charge in [0.05, 0.1) is 27.3 Å². The van der Waals surface area contributed by atoms with Crippen LogP contribution in [0.1, 0.15) is 15.9 Å². The Hall–Kier alpha value is -4.17. The van der Waals surface area contributed by atoms with Crippen molar-refractivity contribution in [3.63, 3.8) is 0 Å². The standard InChI is InChI=1S/C24H18N6OS/c25-23(31)16-6-4-15(5-7-16)14-29-24-30-21(22(32-24)19-3-1-2-10-26-19)17-8-9-18-20(13-17)28-12-11-27-18/h1-13H,14H2,(H2,25,31)(H,29,30). The number of pyridine rings is 1. The summed E-state index contributed by atoms with van der Waals surface area (Å²) in [4.78, 5) is 30.4. The molecule has 0 aliphatic carbocycles. The van der Waals surface area contributed by atoms with Gasteiger partial charge in [0.2, 0.25) is 5.91 Å². The minimum Gasteiger partial charge on any atom is -0.366 e. The van der Waals surface area contributed by atoms with E-state index in [4.69, 9.17) is 10.7 Å². The van der Waals surface area contributed by atoms with E-state index in [0.717, 1.165) is 43.6 Å². The number of hydrogen-bond acceptors (Lipinski definition) is 7. The molecule has 2 aromatic carbocycles. The van der Waals surface area contributed by atoms with Crippen molar-refractivity contribution in [1.29, 1.82) is 0 Å². The second kappa shape index (κ2) is 8.52. The lowest BCUT2D eigenvalue weighted by atomic mass is 10.1. The zero-order chi connectivity index (χ0) is 21.9. The van der Waals surface area contributed by atoms with Gasteiger partial charge in [-0.2, -0.15) is 0 Å². The monoisotopic (exact) mass is 438 g/mol. The van der Waals surface area contributed by atoms with E-state index in [9.17, 15) is 4.79 Å². The Morgan fingerprint density at radius 3 is 2.47 bits per heavy atom. The quantitative estimate of drug-likeness (QED) is 0.403. The Bertz CT molecular complexity index is 1400. The van der Waals surface area contributed by atoms with Crippen molar-refractivity contribution in [2.24, 2.45) is 5.73 Å². The second-order valence-electron chi connectivity index (χ2n) is 7.09. The molecule has 3 heterocycles. The molecule has 5 aromatic rings. The maximum atomic E-state index is 11.3. The van der Waals surface area contributed by atoms with Gasteiger partial charge in [-0.15, -0.1) is 0 Å². The van der Waals surface area contributed by atoms with Gasteiger partial charge in [0, 0.05) is 36.3 Å². The summed E-state index contributed by atoms with van der Waals surface area (Å²) in [5, 5.41) is 4.16. The van der Waals surface area contributed by atoms with Crippen molar-refractivity contribution in [2.75, 3.05) is 5.32 Å². The second-order valence-corrected chi connectivity index (χ2v) is 8.09. The van der Waals surface area contributed by atoms with Gasteiger partial charge in [-0.05, 0) is 42.0 Å². The molecule has 7 nitrogen and oxygen atoms in total. The number of carbonyl (C=O) groups excluding carboxylic acids is 1. The van der Waals surface area contributed by atoms with Crippen molar-refractivity contribution in [3.8, 4) is 21.8 Å². The molecule has 0 spiro atoms. The van der Waals surface area contributed by atoms with Gasteiger partial charge in [0.25, 0.3) is 0 Å². The number of benzene rings is 2. The van der Waals surface area contributed by atoms with Gasteiger partial charge in [0.1, 0.15) is 0 Å². The molecule has 0 aliphatic heterocycles. The highest BCUT2D eigenvalue weighted by Crippen LogP contribution is 2.38. The van der Waals surface area contributed by atoms with E-state index in [1.807, 2.05) is 48.5 Å². The number of nitrogens with zero attached hydrogens (tertiary/aromatic N) is 4. The normalized spacial score (nSPS) is 10.9. The molecule has 3 N–H and O–H groups in total. The Balaban J connectivity index is 1.49. The molecule has 0 atom stereocenters. The lowest BCUT2D eigenvalue weighted by Gasteiger charge is -2.04. The van der Waals surface area contributed by atoms with E-state index in [-0.39, 0.29) is 0 Å². The molecule has 0 radical (unpaired) electrons. The van der Waals surface area contributed by atoms with E-state index < -0.39 is 5.91 Å². The van der Waals surface area contributed by atoms with Crippen LogP contribution < -0.4 is 11.1 Å². The summed E-state index contributed by atoms with van der Waals surface area (Å²) in [5.74, 6) is -0.436. The van der Waals surface area contributed by atoms with Crippen molar-refractivity contribution in [2.45, 2.75) is 6.54 Å². The number of thiazole rings is 1. The minimum absolute atomic E-state index is 0.436. The third kappa shape index (κ3) is 4.03. The summed E-state index contributed by atoms with van der Waals surface area (Å²) in [6, 6.07) is 19.0. The molecule has 0 saturated carbocycles. The van der Waals surface area contributed by atoms with Crippen LogP contribution in [0.2, 0.25) is 0 Å². The molecule has 1 amide bonds. The van der Waals surface area contributed by atoms with Crippen LogP contribution in [0, 0.1) is 0 Å². The van der Waals surface area contributed by atoms with Crippen molar-refractivity contribution in [3.05, 3.63) is 90.4 Å². The van der Waals surface area contributed by atoms with Gasteiger partial charge < -0.3 is 11.1 Å². The van der Waals surface area contributed by atoms with Gasteiger partial charge in [-0.25, -0.2) is 4.98 Å². The number of carbonyl (C=O) groups is 1. The Morgan fingerprint density at radius 1 is 0.906 bits per heavy atom. The SMILES string of the molecule is NC(=O)c1ccc(CNc2nc(-c3ccc4nccnc4c3)c(-c3ccccn3)s2)cc1. The fourth-order valence-corrected chi connectivity index (χ4v) is 4.30. The topological polar surface area (TPSA) is 107 Å². The van der Waals surface area contributed by atoms with Gasteiger partial charge >= 0.3 is 0 Å². The molecule has 5 rings (SSSR count). The van der Waals surface area contributed by atoms with Crippen LogP contribution in [0.15, 0.2) is 79.3 Å². The van der Waals surface area contributed by atoms with Crippen molar-refractivity contribution in [1.82, 2.24) is 19.9 Å². The van der Waals surface area contributed by atoms with Gasteiger partial charge in [-0.3, -0.25) is 19.7 Å². The zero-order valence-corrected chi connectivity index (χ0v) is 17.7. The summed E-state index contributed by atoms with van der Waals surface area (Å²) < 4.78 is 0. The predicted octanol–water partition coefficient (Wildman–Crippen LogP) is 4.53. The molecule has 8 heteroatoms. The number of hydrogen-bond donors (Lipinski definition) is 2. The number of nitrogens with two attached hydrogens (primary N) is 1. The highest BCUT2D eigenvalue weighted by atomic mass is 32.1. The van der Waals surface area contributed by atoms with Gasteiger partial charge in [-0.1, -0.05) is 35.6 Å². The Kier molecular flexibility index (Phi) is 5.27. The number of amides is 1. The first-order chi connectivity index (χ1) is 15.7. The lowest BCUT2D eigenvalue weighted by molar-refractivity contribution is 0.100. The van der Waals surface area contributed by atoms with E-state index >= 15 is 0 Å². The van der Waals surface area contributed by atoms with Crippen LogP contribution in [-0.2, 0) is 6.54 Å². The van der Waals surface area contributed by atoms with E-state index in [1.165, 1.54) is 0 Å². The molecule has 156 valence electrons. The van der Waals surface area contributed by atoms with Crippen molar-refractivity contribution >= 4 is 33.4 Å². The molecule has 32 heavy (non-hydrogen) atoms. The summed E-state index contributed by atoms with van der Waals surface area (Å²) >= 11 is 1.55. The Labute approximate surface area is 188 Å². The van der Waals surface area contributed by atoms with Crippen LogP contribution >= 0.6 is 11.3 Å². The number of anilines is 1. The molecule has 0 fully saturated rings. The summed E-state index contributed by atoms with van der Waals surface area (Å²) in [6.45, 7) is 0.566. The van der Waals surface area contributed by atoms with Gasteiger partial charge in [0.15, 0.2) is 5.13 Å². The van der Waals surface area contributed by atoms with Crippen LogP contribution in [0.3, 0.4) is 0 Å². The number of rotatable bonds is 6. The third-order valence-corrected chi connectivity index (χ3v) is 5.99. The highest BCUT2D eigenvalue weighted by Gasteiger charge is 2.16. The summed E-state index contributed by atoms with van der Waals surface area (Å²) in [6.07, 6.45) is 5.14. The van der Waals surface area contributed by atoms with E-state index in [1.54, 1.807) is 42.1 Å². The maximum Gasteiger partial charge on any atom is 0.248 e. The fraction of sp³-hybridized carbons (Fsp3) is 0.0417. The van der Waals surface area contributed by atoms with Crippen LogP contribution in [0.5, 0.6) is 0 Å². The fourth-order valence-electron chi connectivity index (χ4n) is 3.34. The maximum absolute atomic E-state index is 11.3. The van der Waals surface area contributed by atoms with E-state index in [0.29, 0.717) is 12.1 Å². The summed E-state index contributed by atoms with van der Waals surface area (Å²) in [7, 11) is 0. The first kappa shape index (κ1) is 19.8. The van der Waals surface area contributed by atoms with Crippen LogP contribution in [-0.4, -0.2) is 25.8 Å². The average Bonchev–Trinajstić information content (AvgIpc) is 3.27. The van der Waals surface area contributed by atoms with Crippen LogP contribution in [0.25, 0.3) is 32.9 Å². The molecule has 0 aliphatic rings. The molecular formula is C24H18N6OS. The molecule has 0 bridgehead atoms. The number of primary amides is 1. The Morgan fingerprint density at radius 2 is 1.72 bits per heavy atom. The largest absolute Gasteiger partial charge is 0.366 e. The van der Waals surface area contributed by atoms with E-state index in [2.05, 4.69) is 20.3 Å². The molecular weight excluding hydrogens is 420 g/mol. The average molecular weight is 439 g/mol. The first-order valence-corrected chi connectivity index (χ1v) is 10.7. The molecule has 3 aromatic heterocycles. The molecule has 0 unspecified atom stereocenters. The predicted molar refractivity (Wildman–Crippen MR) is 126 cm³/mol. The number of nitrogens with one attached hydrogen (secondary N) is 1. The van der Waals surface area contributed by atoms with Crippen LogP contribution in [0.4, 0.5) is 5.13 Å².